The van der Waals surface area contributed by atoms with Crippen molar-refractivity contribution in [3.05, 3.63) is 56.9 Å². The van der Waals surface area contributed by atoms with Gasteiger partial charge in [-0.2, -0.15) is 0 Å². The summed E-state index contributed by atoms with van der Waals surface area (Å²) in [6, 6.07) is 9.58. The van der Waals surface area contributed by atoms with Crippen molar-refractivity contribution in [2.75, 3.05) is 6.26 Å². The Morgan fingerprint density at radius 1 is 1.04 bits per heavy atom. The number of sulfone groups is 1. The third-order valence-electron chi connectivity index (χ3n) is 3.68. The lowest BCUT2D eigenvalue weighted by Gasteiger charge is -2.07. The van der Waals surface area contributed by atoms with Crippen LogP contribution in [0.5, 0.6) is 0 Å². The molecule has 2 aromatic carbocycles. The standard InChI is InChI=1S/C17H12Br2FNO3S/c1-9-16(10-4-6-15(14(20)8-10)25(2,22)23)17(21-24-9)11-3-5-12(18)13(19)7-11/h3-8H,1-2H3. The van der Waals surface area contributed by atoms with Gasteiger partial charge in [-0.1, -0.05) is 17.3 Å². The number of benzene rings is 2. The summed E-state index contributed by atoms with van der Waals surface area (Å²) in [5, 5.41) is 4.08. The molecule has 0 radical (unpaired) electrons. The first-order valence-corrected chi connectivity index (χ1v) is 10.6. The second-order valence-electron chi connectivity index (χ2n) is 5.51. The average Bonchev–Trinajstić information content (AvgIpc) is 2.90. The van der Waals surface area contributed by atoms with Crippen LogP contribution in [0.15, 0.2) is 54.8 Å². The third kappa shape index (κ3) is 3.56. The summed E-state index contributed by atoms with van der Waals surface area (Å²) in [5.41, 5.74) is 2.46. The van der Waals surface area contributed by atoms with Crippen molar-refractivity contribution in [2.45, 2.75) is 11.8 Å². The number of halogens is 3. The SMILES string of the molecule is Cc1onc(-c2ccc(Br)c(Br)c2)c1-c1ccc(S(C)(=O)=O)c(F)c1. The molecule has 0 fully saturated rings. The molecule has 0 aliphatic heterocycles. The van der Waals surface area contributed by atoms with Gasteiger partial charge in [-0.15, -0.1) is 0 Å². The molecule has 0 aliphatic carbocycles. The topological polar surface area (TPSA) is 60.2 Å². The fourth-order valence-electron chi connectivity index (χ4n) is 2.51. The summed E-state index contributed by atoms with van der Waals surface area (Å²) < 4.78 is 44.5. The van der Waals surface area contributed by atoms with Crippen LogP contribution in [0.25, 0.3) is 22.4 Å². The van der Waals surface area contributed by atoms with E-state index in [2.05, 4.69) is 37.0 Å². The van der Waals surface area contributed by atoms with Crippen LogP contribution in [0, 0.1) is 12.7 Å². The summed E-state index contributed by atoms with van der Waals surface area (Å²) in [6.45, 7) is 1.72. The van der Waals surface area contributed by atoms with Gasteiger partial charge in [0.05, 0.1) is 5.56 Å². The molecule has 3 rings (SSSR count). The summed E-state index contributed by atoms with van der Waals surface area (Å²) in [7, 11) is -3.63. The van der Waals surface area contributed by atoms with Crippen LogP contribution in [0.4, 0.5) is 4.39 Å². The van der Waals surface area contributed by atoms with Crippen molar-refractivity contribution in [3.63, 3.8) is 0 Å². The third-order valence-corrected chi connectivity index (χ3v) is 6.69. The minimum absolute atomic E-state index is 0.335. The molecule has 0 amide bonds. The molecule has 1 aromatic heterocycles. The Morgan fingerprint density at radius 3 is 2.32 bits per heavy atom. The molecule has 4 nitrogen and oxygen atoms in total. The number of aryl methyl sites for hydroxylation is 1. The smallest absolute Gasteiger partial charge is 0.178 e. The van der Waals surface area contributed by atoms with E-state index < -0.39 is 15.7 Å². The molecule has 8 heteroatoms. The molecule has 130 valence electrons. The van der Waals surface area contributed by atoms with Crippen LogP contribution in [-0.4, -0.2) is 19.8 Å². The van der Waals surface area contributed by atoms with E-state index in [0.29, 0.717) is 22.6 Å². The Bertz CT molecular complexity index is 1080. The Morgan fingerprint density at radius 2 is 1.72 bits per heavy atom. The highest BCUT2D eigenvalue weighted by molar-refractivity contribution is 9.13. The van der Waals surface area contributed by atoms with Gasteiger partial charge < -0.3 is 4.52 Å². The van der Waals surface area contributed by atoms with Gasteiger partial charge in [-0.3, -0.25) is 0 Å². The predicted octanol–water partition coefficient (Wildman–Crippen LogP) is 5.38. The predicted molar refractivity (Wildman–Crippen MR) is 101 cm³/mol. The summed E-state index contributed by atoms with van der Waals surface area (Å²) >= 11 is 6.85. The number of hydrogen-bond acceptors (Lipinski definition) is 4. The van der Waals surface area contributed by atoms with E-state index in [4.69, 9.17) is 4.52 Å². The number of rotatable bonds is 3. The number of aromatic nitrogens is 1. The van der Waals surface area contributed by atoms with Crippen molar-refractivity contribution >= 4 is 41.7 Å². The summed E-state index contributed by atoms with van der Waals surface area (Å²) in [4.78, 5) is -0.335. The maximum absolute atomic E-state index is 14.3. The fourth-order valence-corrected chi connectivity index (χ4v) is 3.86. The lowest BCUT2D eigenvalue weighted by atomic mass is 9.99. The van der Waals surface area contributed by atoms with E-state index in [1.807, 2.05) is 18.2 Å². The van der Waals surface area contributed by atoms with Gasteiger partial charge in [0.25, 0.3) is 0 Å². The second-order valence-corrected chi connectivity index (χ2v) is 9.20. The van der Waals surface area contributed by atoms with Gasteiger partial charge in [0.1, 0.15) is 22.2 Å². The minimum Gasteiger partial charge on any atom is -0.360 e. The van der Waals surface area contributed by atoms with Crippen LogP contribution in [-0.2, 0) is 9.84 Å². The van der Waals surface area contributed by atoms with Gasteiger partial charge in [-0.05, 0) is 68.6 Å². The molecule has 0 N–H and O–H groups in total. The molecular weight excluding hydrogens is 477 g/mol. The molecule has 3 aromatic rings. The molecule has 0 unspecified atom stereocenters. The fraction of sp³-hybridized carbons (Fsp3) is 0.118. The van der Waals surface area contributed by atoms with Crippen molar-refractivity contribution in [2.24, 2.45) is 0 Å². The zero-order chi connectivity index (χ0) is 18.4. The molecule has 0 bridgehead atoms. The van der Waals surface area contributed by atoms with Crippen LogP contribution >= 0.6 is 31.9 Å². The average molecular weight is 489 g/mol. The molecule has 0 aliphatic rings. The Balaban J connectivity index is 2.17. The van der Waals surface area contributed by atoms with Crippen molar-refractivity contribution in [3.8, 4) is 22.4 Å². The van der Waals surface area contributed by atoms with E-state index in [1.54, 1.807) is 13.0 Å². The molecule has 1 heterocycles. The molecule has 0 spiro atoms. The lowest BCUT2D eigenvalue weighted by molar-refractivity contribution is 0.400. The van der Waals surface area contributed by atoms with Gasteiger partial charge in [0.2, 0.25) is 0 Å². The molecule has 25 heavy (non-hydrogen) atoms. The summed E-state index contributed by atoms with van der Waals surface area (Å²) in [5.74, 6) is -0.288. The number of nitrogens with zero attached hydrogens (tertiary/aromatic N) is 1. The monoisotopic (exact) mass is 487 g/mol. The van der Waals surface area contributed by atoms with Crippen molar-refractivity contribution < 1.29 is 17.3 Å². The Hall–Kier alpha value is -1.51. The Labute approximate surface area is 161 Å². The highest BCUT2D eigenvalue weighted by Gasteiger charge is 2.20. The first-order chi connectivity index (χ1) is 11.7. The largest absolute Gasteiger partial charge is 0.360 e. The maximum Gasteiger partial charge on any atom is 0.178 e. The zero-order valence-corrected chi connectivity index (χ0v) is 17.2. The van der Waals surface area contributed by atoms with Crippen LogP contribution in [0.3, 0.4) is 0 Å². The molecular formula is C17H12Br2FNO3S. The number of hydrogen-bond donors (Lipinski definition) is 0. The lowest BCUT2D eigenvalue weighted by Crippen LogP contribution is -2.00. The summed E-state index contributed by atoms with van der Waals surface area (Å²) in [6.07, 6.45) is 0.973. The van der Waals surface area contributed by atoms with Crippen molar-refractivity contribution in [1.82, 2.24) is 5.16 Å². The second kappa shape index (κ2) is 6.66. The van der Waals surface area contributed by atoms with Gasteiger partial charge in [0, 0.05) is 20.8 Å². The zero-order valence-electron chi connectivity index (χ0n) is 13.2. The Kier molecular flexibility index (Phi) is 4.87. The first-order valence-electron chi connectivity index (χ1n) is 7.10. The van der Waals surface area contributed by atoms with Crippen molar-refractivity contribution in [1.29, 1.82) is 0 Å². The van der Waals surface area contributed by atoms with Gasteiger partial charge in [0.15, 0.2) is 9.84 Å². The normalized spacial score (nSPS) is 11.7. The van der Waals surface area contributed by atoms with E-state index in [9.17, 15) is 12.8 Å². The van der Waals surface area contributed by atoms with E-state index >= 15 is 0 Å². The van der Waals surface area contributed by atoms with E-state index in [-0.39, 0.29) is 4.90 Å². The maximum atomic E-state index is 14.3. The highest BCUT2D eigenvalue weighted by Crippen LogP contribution is 2.37. The minimum atomic E-state index is -3.63. The van der Waals surface area contributed by atoms with E-state index in [1.165, 1.54) is 12.1 Å². The van der Waals surface area contributed by atoms with Crippen LogP contribution < -0.4 is 0 Å². The molecule has 0 saturated heterocycles. The van der Waals surface area contributed by atoms with Gasteiger partial charge in [-0.25, -0.2) is 12.8 Å². The van der Waals surface area contributed by atoms with Gasteiger partial charge >= 0.3 is 0 Å². The molecule has 0 saturated carbocycles. The highest BCUT2D eigenvalue weighted by atomic mass is 79.9. The quantitative estimate of drug-likeness (QED) is 0.496. The van der Waals surface area contributed by atoms with Crippen LogP contribution in [0.2, 0.25) is 0 Å². The molecule has 0 atom stereocenters. The first kappa shape index (κ1) is 18.3. The van der Waals surface area contributed by atoms with E-state index in [0.717, 1.165) is 20.8 Å². The van der Waals surface area contributed by atoms with Crippen LogP contribution in [0.1, 0.15) is 5.76 Å².